The van der Waals surface area contributed by atoms with Gasteiger partial charge in [0, 0.05) is 32.1 Å². The molecular weight excluding hydrogens is 242 g/mol. The molecule has 1 amide bonds. The van der Waals surface area contributed by atoms with Gasteiger partial charge in [-0.3, -0.25) is 0 Å². The highest BCUT2D eigenvalue weighted by Crippen LogP contribution is 2.19. The number of nitriles is 1. The average molecular weight is 267 g/mol. The number of amides is 1. The summed E-state index contributed by atoms with van der Waals surface area (Å²) in [4.78, 5) is 14.0. The summed E-state index contributed by atoms with van der Waals surface area (Å²) in [7, 11) is 0. The maximum absolute atomic E-state index is 12.1. The van der Waals surface area contributed by atoms with E-state index in [4.69, 9.17) is 10.00 Å². The number of hydrogen-bond donors (Lipinski definition) is 1. The van der Waals surface area contributed by atoms with Crippen molar-refractivity contribution in [2.24, 2.45) is 0 Å². The second-order valence-electron chi connectivity index (χ2n) is 5.94. The largest absolute Gasteiger partial charge is 0.444 e. The highest BCUT2D eigenvalue weighted by atomic mass is 16.6. The van der Waals surface area contributed by atoms with Gasteiger partial charge in [0.05, 0.1) is 6.07 Å². The smallest absolute Gasteiger partial charge is 0.410 e. The standard InChI is InChI=1S/C14H25N3O2/c1-14(2,3)19-13(18)17-10-5-4-7-12(17)11-16-9-6-8-15/h12,16H,4-7,9-11H2,1-3H3. The summed E-state index contributed by atoms with van der Waals surface area (Å²) >= 11 is 0. The Morgan fingerprint density at radius 2 is 2.21 bits per heavy atom. The molecule has 1 atom stereocenters. The molecule has 1 N–H and O–H groups in total. The van der Waals surface area contributed by atoms with Gasteiger partial charge in [-0.15, -0.1) is 0 Å². The minimum atomic E-state index is -0.451. The minimum Gasteiger partial charge on any atom is -0.444 e. The summed E-state index contributed by atoms with van der Waals surface area (Å²) in [5.41, 5.74) is -0.451. The van der Waals surface area contributed by atoms with Crippen molar-refractivity contribution in [3.8, 4) is 6.07 Å². The molecule has 1 rings (SSSR count). The molecule has 0 saturated carbocycles. The van der Waals surface area contributed by atoms with Crippen molar-refractivity contribution in [3.63, 3.8) is 0 Å². The van der Waals surface area contributed by atoms with Gasteiger partial charge in [0.1, 0.15) is 5.60 Å². The van der Waals surface area contributed by atoms with Crippen molar-refractivity contribution in [1.82, 2.24) is 10.2 Å². The fourth-order valence-electron chi connectivity index (χ4n) is 2.19. The predicted octanol–water partition coefficient (Wildman–Crippen LogP) is 2.28. The monoisotopic (exact) mass is 267 g/mol. The first-order chi connectivity index (χ1) is 8.94. The normalized spacial score (nSPS) is 19.9. The molecule has 1 aliphatic rings. The molecule has 0 aromatic heterocycles. The molecule has 1 unspecified atom stereocenters. The zero-order chi connectivity index (χ0) is 14.3. The third-order valence-electron chi connectivity index (χ3n) is 3.05. The highest BCUT2D eigenvalue weighted by Gasteiger charge is 2.29. The predicted molar refractivity (Wildman–Crippen MR) is 73.7 cm³/mol. The molecule has 5 heteroatoms. The van der Waals surface area contributed by atoms with Crippen LogP contribution in [-0.4, -0.2) is 42.3 Å². The lowest BCUT2D eigenvalue weighted by atomic mass is 10.0. The molecule has 0 aromatic rings. The van der Waals surface area contributed by atoms with E-state index < -0.39 is 5.60 Å². The van der Waals surface area contributed by atoms with Crippen LogP contribution in [0, 0.1) is 11.3 Å². The van der Waals surface area contributed by atoms with Crippen molar-refractivity contribution >= 4 is 6.09 Å². The van der Waals surface area contributed by atoms with Crippen LogP contribution in [0.2, 0.25) is 0 Å². The molecule has 0 bridgehead atoms. The third-order valence-corrected chi connectivity index (χ3v) is 3.05. The number of piperidine rings is 1. The Morgan fingerprint density at radius 3 is 2.84 bits per heavy atom. The Hall–Kier alpha value is -1.28. The van der Waals surface area contributed by atoms with E-state index in [0.29, 0.717) is 13.0 Å². The fraction of sp³-hybridized carbons (Fsp3) is 0.857. The number of rotatable bonds is 4. The number of ether oxygens (including phenoxy) is 1. The average Bonchev–Trinajstić information content (AvgIpc) is 2.33. The second-order valence-corrected chi connectivity index (χ2v) is 5.94. The van der Waals surface area contributed by atoms with E-state index in [-0.39, 0.29) is 12.1 Å². The number of nitrogens with zero attached hydrogens (tertiary/aromatic N) is 2. The van der Waals surface area contributed by atoms with E-state index in [1.165, 1.54) is 0 Å². The molecule has 19 heavy (non-hydrogen) atoms. The number of nitrogens with one attached hydrogen (secondary N) is 1. The summed E-state index contributed by atoms with van der Waals surface area (Å²) in [6, 6.07) is 2.29. The van der Waals surface area contributed by atoms with Crippen LogP contribution in [0.25, 0.3) is 0 Å². The van der Waals surface area contributed by atoms with Gasteiger partial charge in [0.25, 0.3) is 0 Å². The number of carbonyl (C=O) groups is 1. The van der Waals surface area contributed by atoms with Crippen LogP contribution < -0.4 is 5.32 Å². The van der Waals surface area contributed by atoms with E-state index in [1.54, 1.807) is 0 Å². The van der Waals surface area contributed by atoms with Gasteiger partial charge in [0.15, 0.2) is 0 Å². The van der Waals surface area contributed by atoms with Crippen molar-refractivity contribution in [1.29, 1.82) is 5.26 Å². The molecule has 5 nitrogen and oxygen atoms in total. The Labute approximate surface area is 115 Å². The van der Waals surface area contributed by atoms with Gasteiger partial charge in [-0.1, -0.05) is 0 Å². The highest BCUT2D eigenvalue weighted by molar-refractivity contribution is 5.68. The first kappa shape index (κ1) is 15.8. The summed E-state index contributed by atoms with van der Waals surface area (Å²) in [6.07, 6.45) is 3.45. The fourth-order valence-corrected chi connectivity index (χ4v) is 2.19. The molecule has 1 fully saturated rings. The lowest BCUT2D eigenvalue weighted by molar-refractivity contribution is 0.01000. The lowest BCUT2D eigenvalue weighted by Crippen LogP contribution is -2.50. The maximum Gasteiger partial charge on any atom is 0.410 e. The van der Waals surface area contributed by atoms with E-state index in [0.717, 1.165) is 32.4 Å². The van der Waals surface area contributed by atoms with Crippen LogP contribution >= 0.6 is 0 Å². The number of carbonyl (C=O) groups excluding carboxylic acids is 1. The zero-order valence-corrected chi connectivity index (χ0v) is 12.2. The Kier molecular flexibility index (Phi) is 6.10. The quantitative estimate of drug-likeness (QED) is 0.794. The molecule has 1 heterocycles. The Balaban J connectivity index is 2.47. The molecule has 108 valence electrons. The van der Waals surface area contributed by atoms with Gasteiger partial charge >= 0.3 is 6.09 Å². The molecule has 0 radical (unpaired) electrons. The van der Waals surface area contributed by atoms with E-state index in [9.17, 15) is 4.79 Å². The first-order valence-corrected chi connectivity index (χ1v) is 7.01. The maximum atomic E-state index is 12.1. The van der Waals surface area contributed by atoms with E-state index in [1.807, 2.05) is 25.7 Å². The summed E-state index contributed by atoms with van der Waals surface area (Å²) in [6.45, 7) is 7.83. The van der Waals surface area contributed by atoms with Gasteiger partial charge in [-0.2, -0.15) is 5.26 Å². The second kappa shape index (κ2) is 7.34. The van der Waals surface area contributed by atoms with Crippen molar-refractivity contribution in [2.45, 2.75) is 58.1 Å². The van der Waals surface area contributed by atoms with Crippen LogP contribution in [-0.2, 0) is 4.74 Å². The van der Waals surface area contributed by atoms with Crippen molar-refractivity contribution in [2.75, 3.05) is 19.6 Å². The van der Waals surface area contributed by atoms with Crippen LogP contribution in [0.3, 0.4) is 0 Å². The molecule has 0 spiro atoms. The van der Waals surface area contributed by atoms with Crippen LogP contribution in [0.1, 0.15) is 46.5 Å². The van der Waals surface area contributed by atoms with Crippen molar-refractivity contribution in [3.05, 3.63) is 0 Å². The SMILES string of the molecule is CC(C)(C)OC(=O)N1CCCCC1CNCCC#N. The van der Waals surface area contributed by atoms with Crippen LogP contribution in [0.15, 0.2) is 0 Å². The minimum absolute atomic E-state index is 0.183. The molecule has 1 aliphatic heterocycles. The summed E-state index contributed by atoms with van der Waals surface area (Å²) < 4.78 is 5.44. The number of hydrogen-bond acceptors (Lipinski definition) is 4. The van der Waals surface area contributed by atoms with Crippen molar-refractivity contribution < 1.29 is 9.53 Å². The van der Waals surface area contributed by atoms with E-state index >= 15 is 0 Å². The number of likely N-dealkylation sites (tertiary alicyclic amines) is 1. The molecule has 1 saturated heterocycles. The topological polar surface area (TPSA) is 65.4 Å². The van der Waals surface area contributed by atoms with Gasteiger partial charge in [0.2, 0.25) is 0 Å². The summed E-state index contributed by atoms with van der Waals surface area (Å²) in [5.74, 6) is 0. The summed E-state index contributed by atoms with van der Waals surface area (Å²) in [5, 5.41) is 11.7. The van der Waals surface area contributed by atoms with Gasteiger partial charge < -0.3 is 15.0 Å². The van der Waals surface area contributed by atoms with E-state index in [2.05, 4.69) is 11.4 Å². The van der Waals surface area contributed by atoms with Gasteiger partial charge in [-0.25, -0.2) is 4.79 Å². The van der Waals surface area contributed by atoms with Gasteiger partial charge in [-0.05, 0) is 40.0 Å². The lowest BCUT2D eigenvalue weighted by Gasteiger charge is -2.36. The first-order valence-electron chi connectivity index (χ1n) is 7.01. The zero-order valence-electron chi connectivity index (χ0n) is 12.2. The molecule has 0 aromatic carbocycles. The third kappa shape index (κ3) is 5.93. The molecule has 0 aliphatic carbocycles. The van der Waals surface area contributed by atoms with Crippen LogP contribution in [0.5, 0.6) is 0 Å². The van der Waals surface area contributed by atoms with Crippen LogP contribution in [0.4, 0.5) is 4.79 Å². The Bertz CT molecular complexity index is 331. The molecular formula is C14H25N3O2. The Morgan fingerprint density at radius 1 is 1.47 bits per heavy atom.